The van der Waals surface area contributed by atoms with E-state index in [0.717, 1.165) is 5.69 Å². The first-order chi connectivity index (χ1) is 7.31. The fourth-order valence-electron chi connectivity index (χ4n) is 1.72. The Morgan fingerprint density at radius 3 is 3.27 bits per heavy atom. The summed E-state index contributed by atoms with van der Waals surface area (Å²) in [7, 11) is 0. The minimum absolute atomic E-state index is 0.00391. The van der Waals surface area contributed by atoms with E-state index in [1.807, 2.05) is 4.90 Å². The van der Waals surface area contributed by atoms with Crippen LogP contribution in [0.2, 0.25) is 0 Å². The SMILES string of the molecule is OCC1COCCN1c1ccnc(F)c1. The number of morpholine rings is 1. The summed E-state index contributed by atoms with van der Waals surface area (Å²) in [5.74, 6) is -0.504. The molecule has 1 unspecified atom stereocenters. The van der Waals surface area contributed by atoms with E-state index in [1.165, 1.54) is 12.3 Å². The second-order valence-corrected chi connectivity index (χ2v) is 3.44. The topological polar surface area (TPSA) is 45.6 Å². The summed E-state index contributed by atoms with van der Waals surface area (Å²) in [4.78, 5) is 5.44. The normalized spacial score (nSPS) is 21.7. The molecule has 0 bridgehead atoms. The molecule has 0 aromatic carbocycles. The zero-order chi connectivity index (χ0) is 10.7. The standard InChI is InChI=1S/C10H13FN2O2/c11-10-5-8(1-2-12-10)13-3-4-15-7-9(13)6-14/h1-2,5,9,14H,3-4,6-7H2. The molecule has 1 aromatic heterocycles. The van der Waals surface area contributed by atoms with Crippen molar-refractivity contribution in [1.82, 2.24) is 4.98 Å². The van der Waals surface area contributed by atoms with Gasteiger partial charge in [-0.25, -0.2) is 4.98 Å². The van der Waals surface area contributed by atoms with Crippen LogP contribution in [0.3, 0.4) is 0 Å². The summed E-state index contributed by atoms with van der Waals surface area (Å²) >= 11 is 0. The number of hydrogen-bond acceptors (Lipinski definition) is 4. The Bertz CT molecular complexity index is 335. The molecule has 0 saturated carbocycles. The average Bonchev–Trinajstić information content (AvgIpc) is 2.29. The zero-order valence-electron chi connectivity index (χ0n) is 8.27. The molecule has 1 saturated heterocycles. The molecule has 5 heteroatoms. The van der Waals surface area contributed by atoms with Crippen molar-refractivity contribution in [3.05, 3.63) is 24.3 Å². The highest BCUT2D eigenvalue weighted by molar-refractivity contribution is 5.46. The Morgan fingerprint density at radius 1 is 1.67 bits per heavy atom. The van der Waals surface area contributed by atoms with Gasteiger partial charge >= 0.3 is 0 Å². The van der Waals surface area contributed by atoms with E-state index in [-0.39, 0.29) is 12.6 Å². The molecule has 1 aliphatic rings. The Hall–Kier alpha value is -1.20. The van der Waals surface area contributed by atoms with Crippen LogP contribution in [0.1, 0.15) is 0 Å². The number of halogens is 1. The van der Waals surface area contributed by atoms with Gasteiger partial charge in [0.05, 0.1) is 25.9 Å². The van der Waals surface area contributed by atoms with Crippen molar-refractivity contribution in [1.29, 1.82) is 0 Å². The van der Waals surface area contributed by atoms with Crippen molar-refractivity contribution >= 4 is 5.69 Å². The summed E-state index contributed by atoms with van der Waals surface area (Å²) in [6.45, 7) is 1.74. The molecule has 0 radical (unpaired) electrons. The maximum atomic E-state index is 12.9. The molecule has 0 amide bonds. The summed E-state index contributed by atoms with van der Waals surface area (Å²) < 4.78 is 18.2. The molecule has 15 heavy (non-hydrogen) atoms. The molecule has 1 atom stereocenters. The van der Waals surface area contributed by atoms with Crippen LogP contribution in [-0.4, -0.2) is 42.5 Å². The molecule has 0 aliphatic carbocycles. The highest BCUT2D eigenvalue weighted by atomic mass is 19.1. The van der Waals surface area contributed by atoms with E-state index in [2.05, 4.69) is 4.98 Å². The predicted molar refractivity (Wildman–Crippen MR) is 53.2 cm³/mol. The second-order valence-electron chi connectivity index (χ2n) is 3.44. The molecule has 2 rings (SSSR count). The molecular formula is C10H13FN2O2. The van der Waals surface area contributed by atoms with Crippen LogP contribution in [0.15, 0.2) is 18.3 Å². The first-order valence-corrected chi connectivity index (χ1v) is 4.88. The van der Waals surface area contributed by atoms with Crippen molar-refractivity contribution in [2.24, 2.45) is 0 Å². The van der Waals surface area contributed by atoms with E-state index in [0.29, 0.717) is 19.8 Å². The van der Waals surface area contributed by atoms with Crippen LogP contribution in [0.25, 0.3) is 0 Å². The van der Waals surface area contributed by atoms with Crippen LogP contribution in [0.5, 0.6) is 0 Å². The third-order valence-electron chi connectivity index (χ3n) is 2.48. The molecule has 1 fully saturated rings. The van der Waals surface area contributed by atoms with E-state index >= 15 is 0 Å². The van der Waals surface area contributed by atoms with Gasteiger partial charge in [0, 0.05) is 24.5 Å². The fraction of sp³-hybridized carbons (Fsp3) is 0.500. The Balaban J connectivity index is 2.20. The highest BCUT2D eigenvalue weighted by Gasteiger charge is 2.22. The molecule has 1 N–H and O–H groups in total. The molecule has 4 nitrogen and oxygen atoms in total. The van der Waals surface area contributed by atoms with Crippen molar-refractivity contribution in [3.63, 3.8) is 0 Å². The van der Waals surface area contributed by atoms with Gasteiger partial charge in [0.25, 0.3) is 0 Å². The molecule has 82 valence electrons. The lowest BCUT2D eigenvalue weighted by atomic mass is 10.2. The molecule has 2 heterocycles. The van der Waals surface area contributed by atoms with Gasteiger partial charge in [-0.3, -0.25) is 0 Å². The molecule has 1 aliphatic heterocycles. The maximum absolute atomic E-state index is 12.9. The lowest BCUT2D eigenvalue weighted by Crippen LogP contribution is -2.47. The van der Waals surface area contributed by atoms with Gasteiger partial charge in [-0.1, -0.05) is 0 Å². The number of nitrogens with zero attached hydrogens (tertiary/aromatic N) is 2. The van der Waals surface area contributed by atoms with Gasteiger partial charge < -0.3 is 14.7 Å². The summed E-state index contributed by atoms with van der Waals surface area (Å²) in [5, 5.41) is 9.16. The monoisotopic (exact) mass is 212 g/mol. The van der Waals surface area contributed by atoms with Crippen LogP contribution < -0.4 is 4.90 Å². The summed E-state index contributed by atoms with van der Waals surface area (Å²) in [6, 6.07) is 3.01. The maximum Gasteiger partial charge on any atom is 0.214 e. The number of pyridine rings is 1. The van der Waals surface area contributed by atoms with Crippen molar-refractivity contribution in [2.45, 2.75) is 6.04 Å². The first-order valence-electron chi connectivity index (χ1n) is 4.88. The van der Waals surface area contributed by atoms with E-state index in [9.17, 15) is 4.39 Å². The summed E-state index contributed by atoms with van der Waals surface area (Å²) in [5.41, 5.74) is 0.741. The van der Waals surface area contributed by atoms with Crippen molar-refractivity contribution < 1.29 is 14.2 Å². The minimum Gasteiger partial charge on any atom is -0.394 e. The van der Waals surface area contributed by atoms with E-state index < -0.39 is 5.95 Å². The van der Waals surface area contributed by atoms with Crippen molar-refractivity contribution in [2.75, 3.05) is 31.3 Å². The molecule has 1 aromatic rings. The number of anilines is 1. The third-order valence-corrected chi connectivity index (χ3v) is 2.48. The van der Waals surface area contributed by atoms with Gasteiger partial charge in [-0.05, 0) is 6.07 Å². The average molecular weight is 212 g/mol. The highest BCUT2D eigenvalue weighted by Crippen LogP contribution is 2.19. The van der Waals surface area contributed by atoms with Crippen molar-refractivity contribution in [3.8, 4) is 0 Å². The fourth-order valence-corrected chi connectivity index (χ4v) is 1.72. The predicted octanol–water partition coefficient (Wildman–Crippen LogP) is 0.418. The Labute approximate surface area is 87.3 Å². The Kier molecular flexibility index (Phi) is 3.13. The van der Waals surface area contributed by atoms with Gasteiger partial charge in [0.15, 0.2) is 0 Å². The lowest BCUT2D eigenvalue weighted by molar-refractivity contribution is 0.0726. The molecular weight excluding hydrogens is 199 g/mol. The second kappa shape index (κ2) is 4.55. The number of aliphatic hydroxyl groups is 1. The van der Waals surface area contributed by atoms with Gasteiger partial charge in [-0.2, -0.15) is 4.39 Å². The quantitative estimate of drug-likeness (QED) is 0.722. The van der Waals surface area contributed by atoms with Gasteiger partial charge in [0.1, 0.15) is 0 Å². The number of ether oxygens (including phenoxy) is 1. The van der Waals surface area contributed by atoms with Crippen LogP contribution in [-0.2, 0) is 4.74 Å². The first kappa shape index (κ1) is 10.3. The molecule has 0 spiro atoms. The number of aromatic nitrogens is 1. The summed E-state index contributed by atoms with van der Waals surface area (Å²) in [6.07, 6.45) is 1.43. The number of hydrogen-bond donors (Lipinski definition) is 1. The smallest absolute Gasteiger partial charge is 0.214 e. The number of aliphatic hydroxyl groups excluding tert-OH is 1. The van der Waals surface area contributed by atoms with E-state index in [4.69, 9.17) is 9.84 Å². The lowest BCUT2D eigenvalue weighted by Gasteiger charge is -2.36. The Morgan fingerprint density at radius 2 is 2.53 bits per heavy atom. The van der Waals surface area contributed by atoms with Crippen LogP contribution in [0, 0.1) is 5.95 Å². The van der Waals surface area contributed by atoms with E-state index in [1.54, 1.807) is 6.07 Å². The van der Waals surface area contributed by atoms with Crippen LogP contribution >= 0.6 is 0 Å². The van der Waals surface area contributed by atoms with Crippen LogP contribution in [0.4, 0.5) is 10.1 Å². The number of rotatable bonds is 2. The largest absolute Gasteiger partial charge is 0.394 e. The van der Waals surface area contributed by atoms with Gasteiger partial charge in [0.2, 0.25) is 5.95 Å². The third kappa shape index (κ3) is 2.24. The minimum atomic E-state index is -0.504. The van der Waals surface area contributed by atoms with Gasteiger partial charge in [-0.15, -0.1) is 0 Å². The zero-order valence-corrected chi connectivity index (χ0v) is 8.27.